The molecule has 3 rings (SSSR count). The van der Waals surface area contributed by atoms with E-state index in [-0.39, 0.29) is 0 Å². The molecule has 23 heavy (non-hydrogen) atoms. The van der Waals surface area contributed by atoms with Gasteiger partial charge in [0.25, 0.3) is 0 Å². The Bertz CT molecular complexity index is 521. The van der Waals surface area contributed by atoms with Gasteiger partial charge in [-0.05, 0) is 25.7 Å². The van der Waals surface area contributed by atoms with Gasteiger partial charge in [0, 0.05) is 38.3 Å². The van der Waals surface area contributed by atoms with Gasteiger partial charge in [0.1, 0.15) is 0 Å². The van der Waals surface area contributed by atoms with E-state index < -0.39 is 0 Å². The molecule has 1 saturated carbocycles. The second-order valence-corrected chi connectivity index (χ2v) is 6.63. The van der Waals surface area contributed by atoms with Gasteiger partial charge in [0.05, 0.1) is 12.2 Å². The molecule has 2 N–H and O–H groups in total. The van der Waals surface area contributed by atoms with Crippen molar-refractivity contribution in [3.63, 3.8) is 0 Å². The summed E-state index contributed by atoms with van der Waals surface area (Å²) in [5.41, 5.74) is 0.993. The Morgan fingerprint density at radius 1 is 1.39 bits per heavy atom. The molecule has 2 aliphatic rings. The van der Waals surface area contributed by atoms with E-state index in [1.54, 1.807) is 0 Å². The molecule has 1 aliphatic heterocycles. The molecule has 1 aliphatic carbocycles. The van der Waals surface area contributed by atoms with Crippen LogP contribution in [-0.2, 0) is 13.0 Å². The Hall–Kier alpha value is -1.56. The molecule has 6 nitrogen and oxygen atoms in total. The lowest BCUT2D eigenvalue weighted by molar-refractivity contribution is 0.242. The summed E-state index contributed by atoms with van der Waals surface area (Å²) >= 11 is 0. The highest BCUT2D eigenvalue weighted by Gasteiger charge is 2.30. The van der Waals surface area contributed by atoms with Crippen LogP contribution in [0, 0.1) is 0 Å². The second-order valence-electron chi connectivity index (χ2n) is 6.63. The monoisotopic (exact) mass is 319 g/mol. The van der Waals surface area contributed by atoms with E-state index in [1.165, 1.54) is 38.6 Å². The van der Waals surface area contributed by atoms with Gasteiger partial charge < -0.3 is 15.2 Å². The van der Waals surface area contributed by atoms with Crippen LogP contribution in [0.15, 0.2) is 15.6 Å². The first-order chi connectivity index (χ1) is 11.3. The van der Waals surface area contributed by atoms with Gasteiger partial charge in [0.2, 0.25) is 0 Å². The van der Waals surface area contributed by atoms with E-state index in [2.05, 4.69) is 32.6 Å². The number of aryl methyl sites for hydroxylation is 1. The molecular weight excluding hydrogens is 290 g/mol. The number of hydrogen-bond donors (Lipinski definition) is 2. The SMILES string of the molecule is CCc1cc(CNC(=NC)NC2CCN(C3CCCC3)C2)on1. The van der Waals surface area contributed by atoms with Crippen molar-refractivity contribution in [2.45, 2.75) is 64.1 Å². The van der Waals surface area contributed by atoms with E-state index >= 15 is 0 Å². The smallest absolute Gasteiger partial charge is 0.191 e. The summed E-state index contributed by atoms with van der Waals surface area (Å²) in [6.07, 6.45) is 7.66. The molecule has 2 fully saturated rings. The van der Waals surface area contributed by atoms with Crippen LogP contribution < -0.4 is 10.6 Å². The number of nitrogens with one attached hydrogen (secondary N) is 2. The molecule has 1 saturated heterocycles. The average Bonchev–Trinajstić information content (AvgIpc) is 3.31. The molecule has 0 radical (unpaired) electrons. The van der Waals surface area contributed by atoms with Crippen molar-refractivity contribution >= 4 is 5.96 Å². The van der Waals surface area contributed by atoms with Gasteiger partial charge in [-0.25, -0.2) is 0 Å². The zero-order chi connectivity index (χ0) is 16.1. The highest BCUT2D eigenvalue weighted by atomic mass is 16.5. The maximum Gasteiger partial charge on any atom is 0.191 e. The van der Waals surface area contributed by atoms with Gasteiger partial charge in [-0.15, -0.1) is 0 Å². The Morgan fingerprint density at radius 2 is 2.22 bits per heavy atom. The van der Waals surface area contributed by atoms with E-state index in [1.807, 2.05) is 13.1 Å². The minimum absolute atomic E-state index is 0.489. The van der Waals surface area contributed by atoms with Crippen molar-refractivity contribution in [2.24, 2.45) is 4.99 Å². The fourth-order valence-electron chi connectivity index (χ4n) is 3.67. The van der Waals surface area contributed by atoms with Gasteiger partial charge in [0.15, 0.2) is 11.7 Å². The highest BCUT2D eigenvalue weighted by Crippen LogP contribution is 2.26. The van der Waals surface area contributed by atoms with Gasteiger partial charge >= 0.3 is 0 Å². The lowest BCUT2D eigenvalue weighted by Gasteiger charge is -2.24. The summed E-state index contributed by atoms with van der Waals surface area (Å²) in [7, 11) is 1.82. The maximum absolute atomic E-state index is 5.30. The van der Waals surface area contributed by atoms with Crippen LogP contribution >= 0.6 is 0 Å². The Kier molecular flexibility index (Phi) is 5.54. The van der Waals surface area contributed by atoms with Crippen molar-refractivity contribution < 1.29 is 4.52 Å². The van der Waals surface area contributed by atoms with Crippen molar-refractivity contribution in [1.29, 1.82) is 0 Å². The van der Waals surface area contributed by atoms with Crippen molar-refractivity contribution in [3.05, 3.63) is 17.5 Å². The van der Waals surface area contributed by atoms with Crippen molar-refractivity contribution in [2.75, 3.05) is 20.1 Å². The van der Waals surface area contributed by atoms with Crippen LogP contribution in [0.2, 0.25) is 0 Å². The third-order valence-electron chi connectivity index (χ3n) is 5.03. The number of likely N-dealkylation sites (tertiary alicyclic amines) is 1. The zero-order valence-corrected chi connectivity index (χ0v) is 14.3. The molecule has 1 aromatic heterocycles. The molecule has 1 aromatic rings. The summed E-state index contributed by atoms with van der Waals surface area (Å²) in [5, 5.41) is 10.9. The largest absolute Gasteiger partial charge is 0.359 e. The fraction of sp³-hybridized carbons (Fsp3) is 0.765. The summed E-state index contributed by atoms with van der Waals surface area (Å²) in [6, 6.07) is 3.30. The maximum atomic E-state index is 5.30. The number of guanidine groups is 1. The predicted molar refractivity (Wildman–Crippen MR) is 91.4 cm³/mol. The van der Waals surface area contributed by atoms with Gasteiger partial charge in [-0.3, -0.25) is 9.89 Å². The fourth-order valence-corrected chi connectivity index (χ4v) is 3.67. The van der Waals surface area contributed by atoms with Crippen LogP contribution in [0.3, 0.4) is 0 Å². The van der Waals surface area contributed by atoms with E-state index in [9.17, 15) is 0 Å². The van der Waals surface area contributed by atoms with E-state index in [0.717, 1.165) is 36.4 Å². The molecule has 0 amide bonds. The van der Waals surface area contributed by atoms with Crippen LogP contribution in [0.1, 0.15) is 50.5 Å². The quantitative estimate of drug-likeness (QED) is 0.641. The van der Waals surface area contributed by atoms with Crippen molar-refractivity contribution in [3.8, 4) is 0 Å². The molecule has 1 atom stereocenters. The molecule has 1 unspecified atom stereocenters. The van der Waals surface area contributed by atoms with E-state index in [0.29, 0.717) is 12.6 Å². The molecular formula is C17H29N5O. The minimum Gasteiger partial charge on any atom is -0.359 e. The molecule has 128 valence electrons. The minimum atomic E-state index is 0.489. The third-order valence-corrected chi connectivity index (χ3v) is 5.03. The number of hydrogen-bond acceptors (Lipinski definition) is 4. The molecule has 0 aromatic carbocycles. The number of aromatic nitrogens is 1. The first kappa shape index (κ1) is 16.3. The number of nitrogens with zero attached hydrogens (tertiary/aromatic N) is 3. The Morgan fingerprint density at radius 3 is 2.91 bits per heavy atom. The van der Waals surface area contributed by atoms with Crippen LogP contribution in [0.25, 0.3) is 0 Å². The predicted octanol–water partition coefficient (Wildman–Crippen LogP) is 1.92. The number of rotatable bonds is 5. The van der Waals surface area contributed by atoms with Gasteiger partial charge in [-0.2, -0.15) is 0 Å². The number of aliphatic imine (C=N–C) groups is 1. The first-order valence-corrected chi connectivity index (χ1v) is 8.94. The highest BCUT2D eigenvalue weighted by molar-refractivity contribution is 5.79. The van der Waals surface area contributed by atoms with Gasteiger partial charge in [-0.1, -0.05) is 24.9 Å². The molecule has 2 heterocycles. The van der Waals surface area contributed by atoms with Crippen molar-refractivity contribution in [1.82, 2.24) is 20.7 Å². The average molecular weight is 319 g/mol. The second kappa shape index (κ2) is 7.81. The van der Waals surface area contributed by atoms with Crippen LogP contribution in [0.4, 0.5) is 0 Å². The van der Waals surface area contributed by atoms with E-state index in [4.69, 9.17) is 4.52 Å². The standard InChI is InChI=1S/C17H29N5O/c1-3-13-10-16(23-21-13)11-19-17(18-2)20-14-8-9-22(12-14)15-6-4-5-7-15/h10,14-15H,3-9,11-12H2,1-2H3,(H2,18,19,20). The lowest BCUT2D eigenvalue weighted by atomic mass is 10.2. The zero-order valence-electron chi connectivity index (χ0n) is 14.3. The molecule has 0 bridgehead atoms. The summed E-state index contributed by atoms with van der Waals surface area (Å²) in [6.45, 7) is 5.03. The van der Waals surface area contributed by atoms with Crippen LogP contribution in [-0.4, -0.2) is 48.2 Å². The Labute approximate surface area is 138 Å². The lowest BCUT2D eigenvalue weighted by Crippen LogP contribution is -2.45. The molecule has 0 spiro atoms. The topological polar surface area (TPSA) is 65.7 Å². The summed E-state index contributed by atoms with van der Waals surface area (Å²) in [5.74, 6) is 1.70. The molecule has 6 heteroatoms. The van der Waals surface area contributed by atoms with Crippen LogP contribution in [0.5, 0.6) is 0 Å². The third kappa shape index (κ3) is 4.25. The summed E-state index contributed by atoms with van der Waals surface area (Å²) in [4.78, 5) is 6.98. The first-order valence-electron chi connectivity index (χ1n) is 8.94. The summed E-state index contributed by atoms with van der Waals surface area (Å²) < 4.78 is 5.30. The Balaban J connectivity index is 1.44. The normalized spacial score (nSPS) is 23.6.